The quantitative estimate of drug-likeness (QED) is 0.389. The number of aromatic nitrogens is 2. The molecule has 0 spiro atoms. The Morgan fingerprint density at radius 1 is 1.00 bits per heavy atom. The van der Waals surface area contributed by atoms with Crippen LogP contribution in [0.5, 0.6) is 0 Å². The smallest absolute Gasteiger partial charge is 0.237 e. The molecule has 1 atom stereocenters. The second kappa shape index (κ2) is 8.60. The van der Waals surface area contributed by atoms with E-state index in [-0.39, 0.29) is 11.9 Å². The number of anilines is 1. The maximum atomic E-state index is 13.2. The number of amides is 1. The highest BCUT2D eigenvalue weighted by atomic mass is 32.2. The summed E-state index contributed by atoms with van der Waals surface area (Å²) in [5.41, 5.74) is 5.70. The number of para-hydroxylation sites is 3. The molecule has 0 aliphatic carbocycles. The molecule has 1 aromatic heterocycles. The summed E-state index contributed by atoms with van der Waals surface area (Å²) in [7, 11) is 0. The lowest BCUT2D eigenvalue weighted by atomic mass is 10.1. The van der Waals surface area contributed by atoms with Crippen molar-refractivity contribution in [1.82, 2.24) is 9.55 Å². The third-order valence-corrected chi connectivity index (χ3v) is 6.85. The van der Waals surface area contributed by atoms with Crippen LogP contribution in [-0.2, 0) is 24.2 Å². The summed E-state index contributed by atoms with van der Waals surface area (Å²) in [6.07, 6.45) is 1.85. The van der Waals surface area contributed by atoms with E-state index in [9.17, 15) is 4.79 Å². The number of carbonyl (C=O) groups excluding carboxylic acids is 1. The lowest BCUT2D eigenvalue weighted by Crippen LogP contribution is -2.37. The highest BCUT2D eigenvalue weighted by molar-refractivity contribution is 7.99. The Morgan fingerprint density at radius 3 is 2.61 bits per heavy atom. The van der Waals surface area contributed by atoms with Crippen molar-refractivity contribution in [3.8, 4) is 0 Å². The standard InChI is InChI=1S/C26H25N3OS/c1-19-17-21-11-5-7-13-23(21)29(19)25(30)18-31-26-27-22-12-6-8-14-24(22)28(26)16-15-20-9-3-2-4-10-20/h2-14,19H,15-18H2,1H3. The van der Waals surface area contributed by atoms with E-state index >= 15 is 0 Å². The van der Waals surface area contributed by atoms with Gasteiger partial charge < -0.3 is 9.47 Å². The van der Waals surface area contributed by atoms with Gasteiger partial charge in [0, 0.05) is 18.3 Å². The number of hydrogen-bond donors (Lipinski definition) is 0. The van der Waals surface area contributed by atoms with E-state index in [2.05, 4.69) is 54.0 Å². The van der Waals surface area contributed by atoms with E-state index in [1.54, 1.807) is 11.8 Å². The third-order valence-electron chi connectivity index (χ3n) is 5.89. The summed E-state index contributed by atoms with van der Waals surface area (Å²) < 4.78 is 2.25. The van der Waals surface area contributed by atoms with Gasteiger partial charge in [-0.2, -0.15) is 0 Å². The lowest BCUT2D eigenvalue weighted by molar-refractivity contribution is -0.116. The molecule has 0 bridgehead atoms. The average molecular weight is 428 g/mol. The molecule has 0 fully saturated rings. The molecule has 3 aromatic carbocycles. The van der Waals surface area contributed by atoms with Crippen LogP contribution in [0.15, 0.2) is 84.0 Å². The first-order valence-electron chi connectivity index (χ1n) is 10.7. The molecule has 156 valence electrons. The molecule has 4 nitrogen and oxygen atoms in total. The van der Waals surface area contributed by atoms with E-state index in [1.807, 2.05) is 41.3 Å². The number of hydrogen-bond acceptors (Lipinski definition) is 3. The topological polar surface area (TPSA) is 38.1 Å². The average Bonchev–Trinajstić information content (AvgIpc) is 3.33. The van der Waals surface area contributed by atoms with Crippen molar-refractivity contribution >= 4 is 34.4 Å². The normalized spacial score (nSPS) is 15.4. The number of aryl methyl sites for hydroxylation is 2. The second-order valence-electron chi connectivity index (χ2n) is 8.00. The Labute approximate surface area is 186 Å². The van der Waals surface area contributed by atoms with E-state index in [0.717, 1.165) is 41.3 Å². The van der Waals surface area contributed by atoms with Gasteiger partial charge in [0.05, 0.1) is 16.8 Å². The Hall–Kier alpha value is -3.05. The highest BCUT2D eigenvalue weighted by Gasteiger charge is 2.30. The Morgan fingerprint density at radius 2 is 1.74 bits per heavy atom. The minimum atomic E-state index is 0.143. The van der Waals surface area contributed by atoms with E-state index in [1.165, 1.54) is 11.1 Å². The maximum Gasteiger partial charge on any atom is 0.237 e. The second-order valence-corrected chi connectivity index (χ2v) is 8.95. The fourth-order valence-corrected chi connectivity index (χ4v) is 5.31. The number of benzene rings is 3. The largest absolute Gasteiger partial charge is 0.319 e. The van der Waals surface area contributed by atoms with Crippen LogP contribution >= 0.6 is 11.8 Å². The molecule has 1 aliphatic heterocycles. The summed E-state index contributed by atoms with van der Waals surface area (Å²) in [4.78, 5) is 20.0. The number of rotatable bonds is 6. The molecule has 0 saturated carbocycles. The first kappa shape index (κ1) is 19.9. The molecule has 1 unspecified atom stereocenters. The maximum absolute atomic E-state index is 13.2. The first-order valence-corrected chi connectivity index (χ1v) is 11.7. The molecule has 5 heteroatoms. The molecule has 4 aromatic rings. The zero-order valence-corrected chi connectivity index (χ0v) is 18.4. The van der Waals surface area contributed by atoms with Crippen molar-refractivity contribution in [3.05, 3.63) is 90.0 Å². The van der Waals surface area contributed by atoms with Gasteiger partial charge in [-0.15, -0.1) is 0 Å². The molecule has 1 amide bonds. The fourth-order valence-electron chi connectivity index (χ4n) is 4.41. The van der Waals surface area contributed by atoms with Crippen LogP contribution < -0.4 is 4.90 Å². The van der Waals surface area contributed by atoms with Crippen LogP contribution in [0.25, 0.3) is 11.0 Å². The number of fused-ring (bicyclic) bond motifs is 2. The van der Waals surface area contributed by atoms with Crippen molar-refractivity contribution in [2.24, 2.45) is 0 Å². The minimum absolute atomic E-state index is 0.143. The fraction of sp³-hybridized carbons (Fsp3) is 0.231. The molecule has 5 rings (SSSR count). The molecule has 31 heavy (non-hydrogen) atoms. The van der Waals surface area contributed by atoms with Crippen LogP contribution in [0.3, 0.4) is 0 Å². The number of thioether (sulfide) groups is 1. The van der Waals surface area contributed by atoms with Crippen molar-refractivity contribution in [3.63, 3.8) is 0 Å². The SMILES string of the molecule is CC1Cc2ccccc2N1C(=O)CSc1nc2ccccc2n1CCc1ccccc1. The van der Waals surface area contributed by atoms with Gasteiger partial charge in [-0.05, 0) is 49.1 Å². The van der Waals surface area contributed by atoms with Gasteiger partial charge >= 0.3 is 0 Å². The van der Waals surface area contributed by atoms with E-state index < -0.39 is 0 Å². The summed E-state index contributed by atoms with van der Waals surface area (Å²) in [6, 6.07) is 27.1. The van der Waals surface area contributed by atoms with Gasteiger partial charge in [0.2, 0.25) is 5.91 Å². The van der Waals surface area contributed by atoms with Crippen LogP contribution in [-0.4, -0.2) is 27.3 Å². The third kappa shape index (κ3) is 3.98. The van der Waals surface area contributed by atoms with Gasteiger partial charge in [0.1, 0.15) is 0 Å². The van der Waals surface area contributed by atoms with Crippen molar-refractivity contribution in [2.75, 3.05) is 10.7 Å². The first-order chi connectivity index (χ1) is 15.2. The van der Waals surface area contributed by atoms with Crippen molar-refractivity contribution in [2.45, 2.75) is 37.5 Å². The predicted molar refractivity (Wildman–Crippen MR) is 128 cm³/mol. The molecule has 0 N–H and O–H groups in total. The van der Waals surface area contributed by atoms with Gasteiger partial charge in [-0.1, -0.05) is 72.4 Å². The van der Waals surface area contributed by atoms with Gasteiger partial charge in [-0.3, -0.25) is 4.79 Å². The monoisotopic (exact) mass is 427 g/mol. The Kier molecular flexibility index (Phi) is 5.51. The molecule has 1 aliphatic rings. The van der Waals surface area contributed by atoms with Crippen LogP contribution in [0.4, 0.5) is 5.69 Å². The molecule has 0 saturated heterocycles. The van der Waals surface area contributed by atoms with E-state index in [0.29, 0.717) is 5.75 Å². The number of carbonyl (C=O) groups is 1. The Bertz CT molecular complexity index is 1220. The molecular weight excluding hydrogens is 402 g/mol. The molecule has 0 radical (unpaired) electrons. The van der Waals surface area contributed by atoms with Crippen LogP contribution in [0, 0.1) is 0 Å². The van der Waals surface area contributed by atoms with Crippen LogP contribution in [0.2, 0.25) is 0 Å². The van der Waals surface area contributed by atoms with E-state index in [4.69, 9.17) is 4.98 Å². The number of nitrogens with zero attached hydrogens (tertiary/aromatic N) is 3. The zero-order chi connectivity index (χ0) is 21.2. The lowest BCUT2D eigenvalue weighted by Gasteiger charge is -2.22. The van der Waals surface area contributed by atoms with Crippen LogP contribution in [0.1, 0.15) is 18.1 Å². The summed E-state index contributed by atoms with van der Waals surface area (Å²) in [5, 5.41) is 0.908. The summed E-state index contributed by atoms with van der Waals surface area (Å²) in [6.45, 7) is 2.96. The minimum Gasteiger partial charge on any atom is -0.319 e. The van der Waals surface area contributed by atoms with Gasteiger partial charge in [0.15, 0.2) is 5.16 Å². The molecule has 2 heterocycles. The summed E-state index contributed by atoms with van der Waals surface area (Å²) >= 11 is 1.54. The Balaban J connectivity index is 1.36. The van der Waals surface area contributed by atoms with Gasteiger partial charge in [0.25, 0.3) is 0 Å². The predicted octanol–water partition coefficient (Wildman–Crippen LogP) is 5.35. The summed E-state index contributed by atoms with van der Waals surface area (Å²) in [5.74, 6) is 0.525. The van der Waals surface area contributed by atoms with Crippen molar-refractivity contribution < 1.29 is 4.79 Å². The number of imidazole rings is 1. The zero-order valence-electron chi connectivity index (χ0n) is 17.6. The highest BCUT2D eigenvalue weighted by Crippen LogP contribution is 2.33. The van der Waals surface area contributed by atoms with Gasteiger partial charge in [-0.25, -0.2) is 4.98 Å². The molecular formula is C26H25N3OS. The van der Waals surface area contributed by atoms with Crippen molar-refractivity contribution in [1.29, 1.82) is 0 Å².